The Labute approximate surface area is 113 Å². The van der Waals surface area contributed by atoms with Gasteiger partial charge >= 0.3 is 0 Å². The summed E-state index contributed by atoms with van der Waals surface area (Å²) in [6, 6.07) is 7.49. The van der Waals surface area contributed by atoms with Gasteiger partial charge in [-0.3, -0.25) is 4.79 Å². The highest BCUT2D eigenvalue weighted by Gasteiger charge is 2.17. The van der Waals surface area contributed by atoms with Gasteiger partial charge in [0.05, 0.1) is 13.2 Å². The van der Waals surface area contributed by atoms with E-state index in [1.165, 1.54) is 0 Å². The van der Waals surface area contributed by atoms with Gasteiger partial charge in [0, 0.05) is 19.1 Å². The fourth-order valence-corrected chi connectivity index (χ4v) is 1.94. The molecule has 0 aliphatic carbocycles. The normalized spacial score (nSPS) is 17.1. The summed E-state index contributed by atoms with van der Waals surface area (Å²) < 4.78 is 10.7. The molecule has 0 aromatic heterocycles. The standard InChI is InChI=1S/C14H20N2O3/c1-11(15)12-3-2-4-13(9-12)19-10-14(17)16-5-7-18-8-6-16/h2-4,9,11H,5-8,10,15H2,1H3/t11-/m1/s1. The molecule has 104 valence electrons. The van der Waals surface area contributed by atoms with Crippen LogP contribution < -0.4 is 10.5 Å². The quantitative estimate of drug-likeness (QED) is 0.879. The van der Waals surface area contributed by atoms with Crippen LogP contribution in [-0.4, -0.2) is 43.7 Å². The SMILES string of the molecule is C[C@@H](N)c1cccc(OCC(=O)N2CCOCC2)c1. The van der Waals surface area contributed by atoms with Crippen molar-refractivity contribution in [3.63, 3.8) is 0 Å². The van der Waals surface area contributed by atoms with Crippen LogP contribution >= 0.6 is 0 Å². The van der Waals surface area contributed by atoms with Crippen molar-refractivity contribution in [2.24, 2.45) is 5.73 Å². The number of carbonyl (C=O) groups excluding carboxylic acids is 1. The maximum atomic E-state index is 11.9. The van der Waals surface area contributed by atoms with Gasteiger partial charge in [0.25, 0.3) is 5.91 Å². The van der Waals surface area contributed by atoms with Gasteiger partial charge in [-0.2, -0.15) is 0 Å². The number of nitrogens with two attached hydrogens (primary N) is 1. The maximum absolute atomic E-state index is 11.9. The summed E-state index contributed by atoms with van der Waals surface area (Å²) in [4.78, 5) is 13.7. The molecule has 19 heavy (non-hydrogen) atoms. The topological polar surface area (TPSA) is 64.8 Å². The summed E-state index contributed by atoms with van der Waals surface area (Å²) in [6.45, 7) is 4.46. The highest BCUT2D eigenvalue weighted by Crippen LogP contribution is 2.17. The fraction of sp³-hybridized carbons (Fsp3) is 0.500. The molecule has 1 amide bonds. The summed E-state index contributed by atoms with van der Waals surface area (Å²) in [5.74, 6) is 0.672. The second-order valence-electron chi connectivity index (χ2n) is 4.64. The Bertz CT molecular complexity index is 428. The fourth-order valence-electron chi connectivity index (χ4n) is 1.94. The molecule has 1 heterocycles. The van der Waals surface area contributed by atoms with Gasteiger partial charge in [-0.25, -0.2) is 0 Å². The molecule has 5 heteroatoms. The van der Waals surface area contributed by atoms with Crippen molar-refractivity contribution in [3.05, 3.63) is 29.8 Å². The molecule has 0 saturated carbocycles. The Morgan fingerprint density at radius 2 is 2.21 bits per heavy atom. The van der Waals surface area contributed by atoms with Gasteiger partial charge in [-0.15, -0.1) is 0 Å². The van der Waals surface area contributed by atoms with Crippen molar-refractivity contribution in [3.8, 4) is 5.75 Å². The van der Waals surface area contributed by atoms with Crippen molar-refractivity contribution in [1.29, 1.82) is 0 Å². The first-order chi connectivity index (χ1) is 9.16. The molecule has 5 nitrogen and oxygen atoms in total. The van der Waals surface area contributed by atoms with Crippen molar-refractivity contribution in [2.75, 3.05) is 32.9 Å². The van der Waals surface area contributed by atoms with Crippen molar-refractivity contribution in [1.82, 2.24) is 4.90 Å². The summed E-state index contributed by atoms with van der Waals surface area (Å²) in [6.07, 6.45) is 0. The zero-order chi connectivity index (χ0) is 13.7. The van der Waals surface area contributed by atoms with Gasteiger partial charge in [0.2, 0.25) is 0 Å². The lowest BCUT2D eigenvalue weighted by atomic mass is 10.1. The second-order valence-corrected chi connectivity index (χ2v) is 4.64. The molecular formula is C14H20N2O3. The van der Waals surface area contributed by atoms with Gasteiger partial charge in [0.1, 0.15) is 5.75 Å². The molecule has 0 unspecified atom stereocenters. The lowest BCUT2D eigenvalue weighted by Crippen LogP contribution is -2.42. The minimum absolute atomic E-state index is 0.00509. The van der Waals surface area contributed by atoms with Crippen LogP contribution in [0.2, 0.25) is 0 Å². The lowest BCUT2D eigenvalue weighted by molar-refractivity contribution is -0.137. The molecule has 0 spiro atoms. The monoisotopic (exact) mass is 264 g/mol. The summed E-state index contributed by atoms with van der Waals surface area (Å²) in [5, 5.41) is 0. The highest BCUT2D eigenvalue weighted by molar-refractivity contribution is 5.77. The number of ether oxygens (including phenoxy) is 2. The van der Waals surface area contributed by atoms with E-state index in [1.54, 1.807) is 4.90 Å². The molecule has 1 atom stereocenters. The van der Waals surface area contributed by atoms with Gasteiger partial charge in [-0.1, -0.05) is 12.1 Å². The van der Waals surface area contributed by atoms with E-state index < -0.39 is 0 Å². The van der Waals surface area contributed by atoms with E-state index in [0.29, 0.717) is 32.1 Å². The molecule has 1 fully saturated rings. The first-order valence-corrected chi connectivity index (χ1v) is 6.50. The molecule has 0 bridgehead atoms. The maximum Gasteiger partial charge on any atom is 0.260 e. The number of hydrogen-bond donors (Lipinski definition) is 1. The number of morpholine rings is 1. The summed E-state index contributed by atoms with van der Waals surface area (Å²) in [7, 11) is 0. The van der Waals surface area contributed by atoms with Crippen LogP contribution in [0.4, 0.5) is 0 Å². The van der Waals surface area contributed by atoms with E-state index in [-0.39, 0.29) is 18.6 Å². The molecule has 2 rings (SSSR count). The third kappa shape index (κ3) is 3.94. The van der Waals surface area contributed by atoms with E-state index in [9.17, 15) is 4.79 Å². The largest absolute Gasteiger partial charge is 0.484 e. The third-order valence-corrected chi connectivity index (χ3v) is 3.11. The lowest BCUT2D eigenvalue weighted by Gasteiger charge is -2.26. The van der Waals surface area contributed by atoms with Crippen LogP contribution in [0.5, 0.6) is 5.75 Å². The van der Waals surface area contributed by atoms with Gasteiger partial charge in [-0.05, 0) is 24.6 Å². The number of nitrogens with zero attached hydrogens (tertiary/aromatic N) is 1. The molecule has 1 saturated heterocycles. The minimum atomic E-state index is -0.0431. The van der Waals surface area contributed by atoms with E-state index in [1.807, 2.05) is 31.2 Å². The van der Waals surface area contributed by atoms with E-state index in [2.05, 4.69) is 0 Å². The number of amides is 1. The Balaban J connectivity index is 1.87. The zero-order valence-electron chi connectivity index (χ0n) is 11.2. The van der Waals surface area contributed by atoms with Crippen LogP contribution in [0, 0.1) is 0 Å². The van der Waals surface area contributed by atoms with Crippen molar-refractivity contribution >= 4 is 5.91 Å². The number of carbonyl (C=O) groups is 1. The Kier molecular flexibility index (Phi) is 4.76. The van der Waals surface area contributed by atoms with Gasteiger partial charge in [0.15, 0.2) is 6.61 Å². The van der Waals surface area contributed by atoms with E-state index >= 15 is 0 Å². The first-order valence-electron chi connectivity index (χ1n) is 6.50. The molecule has 1 aromatic rings. The molecule has 2 N–H and O–H groups in total. The average molecular weight is 264 g/mol. The molecule has 0 radical (unpaired) electrons. The Hall–Kier alpha value is -1.59. The van der Waals surface area contributed by atoms with Crippen molar-refractivity contribution in [2.45, 2.75) is 13.0 Å². The third-order valence-electron chi connectivity index (χ3n) is 3.11. The van der Waals surface area contributed by atoms with Crippen molar-refractivity contribution < 1.29 is 14.3 Å². The second kappa shape index (κ2) is 6.54. The molecule has 1 aliphatic heterocycles. The summed E-state index contributed by atoms with van der Waals surface area (Å²) >= 11 is 0. The van der Waals surface area contributed by atoms with Crippen LogP contribution in [0.1, 0.15) is 18.5 Å². The van der Waals surface area contributed by atoms with E-state index in [4.69, 9.17) is 15.2 Å². The molecule has 1 aliphatic rings. The number of rotatable bonds is 4. The zero-order valence-corrected chi connectivity index (χ0v) is 11.2. The summed E-state index contributed by atoms with van der Waals surface area (Å²) in [5.41, 5.74) is 6.81. The Morgan fingerprint density at radius 1 is 1.47 bits per heavy atom. The first kappa shape index (κ1) is 13.8. The minimum Gasteiger partial charge on any atom is -0.484 e. The van der Waals surface area contributed by atoms with Crippen LogP contribution in [0.15, 0.2) is 24.3 Å². The van der Waals surface area contributed by atoms with Crippen LogP contribution in [0.25, 0.3) is 0 Å². The number of hydrogen-bond acceptors (Lipinski definition) is 4. The average Bonchev–Trinajstić information content (AvgIpc) is 2.46. The van der Waals surface area contributed by atoms with Crippen LogP contribution in [0.3, 0.4) is 0 Å². The van der Waals surface area contributed by atoms with Crippen LogP contribution in [-0.2, 0) is 9.53 Å². The molecule has 1 aromatic carbocycles. The smallest absolute Gasteiger partial charge is 0.260 e. The highest BCUT2D eigenvalue weighted by atomic mass is 16.5. The molecular weight excluding hydrogens is 244 g/mol. The predicted molar refractivity (Wildman–Crippen MR) is 71.9 cm³/mol. The van der Waals surface area contributed by atoms with E-state index in [0.717, 1.165) is 5.56 Å². The number of benzene rings is 1. The predicted octanol–water partition coefficient (Wildman–Crippen LogP) is 0.944. The Morgan fingerprint density at radius 3 is 2.89 bits per heavy atom. The van der Waals surface area contributed by atoms with Gasteiger partial charge < -0.3 is 20.1 Å².